The van der Waals surface area contributed by atoms with Crippen LogP contribution in [0.2, 0.25) is 0 Å². The van der Waals surface area contributed by atoms with E-state index in [1.165, 1.54) is 18.5 Å². The molecule has 2 aromatic carbocycles. The lowest BCUT2D eigenvalue weighted by atomic mass is 10.1. The van der Waals surface area contributed by atoms with E-state index in [1.807, 2.05) is 24.3 Å². The number of ether oxygens (including phenoxy) is 1. The largest absolute Gasteiger partial charge is 0.573 e. The standard InChI is InChI=1S/C18H14BrF3N4O2/c19-14-5-1-13(2-6-14)10-26-11-23-17(25-26)24-16(27)9-12-3-7-15(8-4-12)28-18(20,21)22/h1-8,11H,9-10H2,(H,24,25,27). The topological polar surface area (TPSA) is 69.0 Å². The summed E-state index contributed by atoms with van der Waals surface area (Å²) in [7, 11) is 0. The van der Waals surface area contributed by atoms with Crippen LogP contribution in [0.4, 0.5) is 19.1 Å². The number of amides is 1. The first kappa shape index (κ1) is 19.9. The van der Waals surface area contributed by atoms with Crippen molar-refractivity contribution < 1.29 is 22.7 Å². The number of carbonyl (C=O) groups excluding carboxylic acids is 1. The zero-order chi connectivity index (χ0) is 20.1. The predicted octanol–water partition coefficient (Wildman–Crippen LogP) is 4.17. The van der Waals surface area contributed by atoms with Crippen molar-refractivity contribution in [2.24, 2.45) is 0 Å². The second-order valence-electron chi connectivity index (χ2n) is 5.81. The van der Waals surface area contributed by atoms with Gasteiger partial charge in [-0.3, -0.25) is 10.1 Å². The number of halogens is 4. The first-order chi connectivity index (χ1) is 13.3. The molecule has 10 heteroatoms. The zero-order valence-corrected chi connectivity index (χ0v) is 15.9. The van der Waals surface area contributed by atoms with E-state index >= 15 is 0 Å². The molecule has 0 saturated carbocycles. The Hall–Kier alpha value is -2.88. The molecule has 3 aromatic rings. The number of benzene rings is 2. The number of carbonyl (C=O) groups is 1. The summed E-state index contributed by atoms with van der Waals surface area (Å²) in [6, 6.07) is 12.8. The monoisotopic (exact) mass is 454 g/mol. The SMILES string of the molecule is O=C(Cc1ccc(OC(F)(F)F)cc1)Nc1ncn(Cc2ccc(Br)cc2)n1. The Morgan fingerprint density at radius 1 is 1.07 bits per heavy atom. The van der Waals surface area contributed by atoms with Crippen molar-refractivity contribution in [2.75, 3.05) is 5.32 Å². The van der Waals surface area contributed by atoms with E-state index in [0.717, 1.165) is 22.2 Å². The van der Waals surface area contributed by atoms with Crippen molar-refractivity contribution in [3.63, 3.8) is 0 Å². The van der Waals surface area contributed by atoms with E-state index < -0.39 is 6.36 Å². The van der Waals surface area contributed by atoms with Gasteiger partial charge >= 0.3 is 6.36 Å². The quantitative estimate of drug-likeness (QED) is 0.606. The average Bonchev–Trinajstić information content (AvgIpc) is 3.04. The number of rotatable bonds is 6. The Kier molecular flexibility index (Phi) is 5.98. The zero-order valence-electron chi connectivity index (χ0n) is 14.3. The Morgan fingerprint density at radius 3 is 2.36 bits per heavy atom. The second kappa shape index (κ2) is 8.42. The summed E-state index contributed by atoms with van der Waals surface area (Å²) in [4.78, 5) is 16.1. The summed E-state index contributed by atoms with van der Waals surface area (Å²) < 4.78 is 42.8. The van der Waals surface area contributed by atoms with Gasteiger partial charge in [0.25, 0.3) is 0 Å². The van der Waals surface area contributed by atoms with Crippen LogP contribution in [0.5, 0.6) is 5.75 Å². The molecule has 1 N–H and O–H groups in total. The summed E-state index contributed by atoms with van der Waals surface area (Å²) in [5.74, 6) is -0.574. The molecule has 0 fully saturated rings. The van der Waals surface area contributed by atoms with E-state index in [4.69, 9.17) is 0 Å². The van der Waals surface area contributed by atoms with E-state index in [9.17, 15) is 18.0 Å². The van der Waals surface area contributed by atoms with Crippen molar-refractivity contribution >= 4 is 27.8 Å². The molecular formula is C18H14BrF3N4O2. The second-order valence-corrected chi connectivity index (χ2v) is 6.72. The predicted molar refractivity (Wildman–Crippen MR) is 98.7 cm³/mol. The minimum atomic E-state index is -4.75. The minimum Gasteiger partial charge on any atom is -0.406 e. The molecule has 0 spiro atoms. The van der Waals surface area contributed by atoms with Crippen molar-refractivity contribution in [1.29, 1.82) is 0 Å². The molecule has 0 unspecified atom stereocenters. The van der Waals surface area contributed by atoms with Gasteiger partial charge < -0.3 is 4.74 Å². The molecule has 1 amide bonds. The van der Waals surface area contributed by atoms with Crippen molar-refractivity contribution in [1.82, 2.24) is 14.8 Å². The fraction of sp³-hybridized carbons (Fsp3) is 0.167. The average molecular weight is 455 g/mol. The maximum atomic E-state index is 12.1. The molecular weight excluding hydrogens is 441 g/mol. The summed E-state index contributed by atoms with van der Waals surface area (Å²) in [5.41, 5.74) is 1.55. The van der Waals surface area contributed by atoms with Crippen LogP contribution in [0.3, 0.4) is 0 Å². The first-order valence-corrected chi connectivity index (χ1v) is 8.84. The van der Waals surface area contributed by atoms with Gasteiger partial charge in [-0.25, -0.2) is 9.67 Å². The highest BCUT2D eigenvalue weighted by Gasteiger charge is 2.30. The molecule has 0 radical (unpaired) electrons. The number of hydrogen-bond acceptors (Lipinski definition) is 4. The number of nitrogens with one attached hydrogen (secondary N) is 1. The Balaban J connectivity index is 1.53. The van der Waals surface area contributed by atoms with Crippen LogP contribution in [-0.4, -0.2) is 27.0 Å². The third-order valence-corrected chi connectivity index (χ3v) is 4.10. The Labute approximate surface area is 166 Å². The van der Waals surface area contributed by atoms with E-state index in [-0.39, 0.29) is 24.0 Å². The van der Waals surface area contributed by atoms with Gasteiger partial charge in [0, 0.05) is 4.47 Å². The molecule has 0 saturated heterocycles. The fourth-order valence-electron chi connectivity index (χ4n) is 2.37. The molecule has 0 atom stereocenters. The number of alkyl halides is 3. The van der Waals surface area contributed by atoms with Crippen LogP contribution < -0.4 is 10.1 Å². The number of anilines is 1. The highest BCUT2D eigenvalue weighted by atomic mass is 79.9. The molecule has 0 aliphatic heterocycles. The molecule has 146 valence electrons. The van der Waals surface area contributed by atoms with Crippen LogP contribution in [0, 0.1) is 0 Å². The molecule has 1 aromatic heterocycles. The molecule has 28 heavy (non-hydrogen) atoms. The maximum Gasteiger partial charge on any atom is 0.573 e. The van der Waals surface area contributed by atoms with Gasteiger partial charge in [-0.05, 0) is 35.4 Å². The van der Waals surface area contributed by atoms with Gasteiger partial charge in [-0.15, -0.1) is 18.3 Å². The summed E-state index contributed by atoms with van der Waals surface area (Å²) in [5, 5.41) is 6.74. The van der Waals surface area contributed by atoms with E-state index in [1.54, 1.807) is 4.68 Å². The summed E-state index contributed by atoms with van der Waals surface area (Å²) in [6.45, 7) is 0.497. The lowest BCUT2D eigenvalue weighted by Gasteiger charge is -2.09. The molecule has 0 aliphatic rings. The molecule has 0 aliphatic carbocycles. The number of nitrogens with zero attached hydrogens (tertiary/aromatic N) is 3. The van der Waals surface area contributed by atoms with Crippen molar-refractivity contribution in [2.45, 2.75) is 19.3 Å². The van der Waals surface area contributed by atoms with Gasteiger partial charge in [-0.2, -0.15) is 0 Å². The summed E-state index contributed by atoms with van der Waals surface area (Å²) >= 11 is 3.37. The third kappa shape index (κ3) is 6.08. The van der Waals surface area contributed by atoms with Gasteiger partial charge in [0.15, 0.2) is 0 Å². The van der Waals surface area contributed by atoms with Crippen molar-refractivity contribution in [3.05, 3.63) is 70.5 Å². The Bertz CT molecular complexity index is 941. The van der Waals surface area contributed by atoms with E-state index in [0.29, 0.717) is 12.1 Å². The van der Waals surface area contributed by atoms with Gasteiger partial charge in [-0.1, -0.05) is 40.2 Å². The number of aromatic nitrogens is 3. The highest BCUT2D eigenvalue weighted by Crippen LogP contribution is 2.22. The van der Waals surface area contributed by atoms with Crippen LogP contribution in [0.1, 0.15) is 11.1 Å². The minimum absolute atomic E-state index is 0.0342. The molecule has 0 bridgehead atoms. The normalized spacial score (nSPS) is 11.3. The maximum absolute atomic E-state index is 12.1. The van der Waals surface area contributed by atoms with Crippen molar-refractivity contribution in [3.8, 4) is 5.75 Å². The number of hydrogen-bond donors (Lipinski definition) is 1. The van der Waals surface area contributed by atoms with Gasteiger partial charge in [0.05, 0.1) is 13.0 Å². The van der Waals surface area contributed by atoms with Gasteiger partial charge in [0.2, 0.25) is 11.9 Å². The van der Waals surface area contributed by atoms with Crippen LogP contribution in [0.25, 0.3) is 0 Å². The highest BCUT2D eigenvalue weighted by molar-refractivity contribution is 9.10. The van der Waals surface area contributed by atoms with Crippen LogP contribution in [0.15, 0.2) is 59.3 Å². The van der Waals surface area contributed by atoms with E-state index in [2.05, 4.69) is 36.1 Å². The third-order valence-electron chi connectivity index (χ3n) is 3.57. The molecule has 1 heterocycles. The fourth-order valence-corrected chi connectivity index (χ4v) is 2.63. The molecule has 6 nitrogen and oxygen atoms in total. The smallest absolute Gasteiger partial charge is 0.406 e. The van der Waals surface area contributed by atoms with Gasteiger partial charge in [0.1, 0.15) is 12.1 Å². The first-order valence-electron chi connectivity index (χ1n) is 8.05. The van der Waals surface area contributed by atoms with Crippen LogP contribution >= 0.6 is 15.9 Å². The Morgan fingerprint density at radius 2 is 1.71 bits per heavy atom. The molecule has 3 rings (SSSR count). The summed E-state index contributed by atoms with van der Waals surface area (Å²) in [6.07, 6.45) is -3.28. The van der Waals surface area contributed by atoms with Crippen LogP contribution in [-0.2, 0) is 17.8 Å². The lowest BCUT2D eigenvalue weighted by Crippen LogP contribution is -2.17. The lowest BCUT2D eigenvalue weighted by molar-refractivity contribution is -0.274.